The van der Waals surface area contributed by atoms with Crippen LogP contribution in [0.25, 0.3) is 10.2 Å². The minimum absolute atomic E-state index is 0.0601. The largest absolute Gasteiger partial charge is 0.356 e. The van der Waals surface area contributed by atoms with Crippen LogP contribution >= 0.6 is 11.3 Å². The Morgan fingerprint density at radius 1 is 1.32 bits per heavy atom. The highest BCUT2D eigenvalue weighted by Gasteiger charge is 2.26. The molecule has 4 rings (SSSR count). The lowest BCUT2D eigenvalue weighted by molar-refractivity contribution is 0.102. The summed E-state index contributed by atoms with van der Waals surface area (Å²) in [6.45, 7) is 5.78. The standard InChI is InChI=1S/C20H20F2N4OS/c1-11-4-3-7-26(9-11)18-17-16(12(2)28-20(17)24-10-23-18)19(27)25-15-6-5-13(21)8-14(15)22/h5-6,8,10-11H,3-4,7,9H2,1-2H3,(H,25,27). The maximum atomic E-state index is 14.0. The molecule has 1 aromatic carbocycles. The van der Waals surface area contributed by atoms with E-state index in [4.69, 9.17) is 0 Å². The van der Waals surface area contributed by atoms with Crippen LogP contribution in [-0.4, -0.2) is 29.0 Å². The fraction of sp³-hybridized carbons (Fsp3) is 0.350. The maximum Gasteiger partial charge on any atom is 0.257 e. The SMILES string of the molecule is Cc1sc2ncnc(N3CCCC(C)C3)c2c1C(=O)Nc1ccc(F)cc1F. The van der Waals surface area contributed by atoms with Gasteiger partial charge in [0.2, 0.25) is 0 Å². The van der Waals surface area contributed by atoms with E-state index in [-0.39, 0.29) is 5.69 Å². The van der Waals surface area contributed by atoms with Gasteiger partial charge in [-0.2, -0.15) is 0 Å². The quantitative estimate of drug-likeness (QED) is 0.686. The molecule has 1 saturated heterocycles. The van der Waals surface area contributed by atoms with Gasteiger partial charge >= 0.3 is 0 Å². The van der Waals surface area contributed by atoms with Crippen LogP contribution < -0.4 is 10.2 Å². The second-order valence-electron chi connectivity index (χ2n) is 7.18. The van der Waals surface area contributed by atoms with Gasteiger partial charge in [-0.15, -0.1) is 11.3 Å². The Balaban J connectivity index is 1.76. The molecule has 28 heavy (non-hydrogen) atoms. The lowest BCUT2D eigenvalue weighted by Gasteiger charge is -2.32. The molecule has 3 aromatic rings. The van der Waals surface area contributed by atoms with Crippen LogP contribution in [0.3, 0.4) is 0 Å². The molecule has 1 aliphatic heterocycles. The Labute approximate surface area is 165 Å². The van der Waals surface area contributed by atoms with Crippen molar-refractivity contribution in [1.29, 1.82) is 0 Å². The minimum Gasteiger partial charge on any atom is -0.356 e. The molecule has 1 fully saturated rings. The molecule has 1 amide bonds. The van der Waals surface area contributed by atoms with E-state index in [1.54, 1.807) is 0 Å². The normalized spacial score (nSPS) is 17.1. The Kier molecular flexibility index (Phi) is 4.97. The average molecular weight is 402 g/mol. The van der Waals surface area contributed by atoms with Gasteiger partial charge in [-0.25, -0.2) is 18.7 Å². The van der Waals surface area contributed by atoms with Gasteiger partial charge in [-0.3, -0.25) is 4.79 Å². The summed E-state index contributed by atoms with van der Waals surface area (Å²) in [6, 6.07) is 3.08. The summed E-state index contributed by atoms with van der Waals surface area (Å²) in [6.07, 6.45) is 3.76. The van der Waals surface area contributed by atoms with Crippen molar-refractivity contribution in [2.75, 3.05) is 23.3 Å². The van der Waals surface area contributed by atoms with E-state index in [2.05, 4.69) is 27.1 Å². The highest BCUT2D eigenvalue weighted by molar-refractivity contribution is 7.19. The van der Waals surface area contributed by atoms with E-state index in [9.17, 15) is 13.6 Å². The molecule has 0 aliphatic carbocycles. The first-order chi connectivity index (χ1) is 13.4. The van der Waals surface area contributed by atoms with Gasteiger partial charge in [0.05, 0.1) is 16.6 Å². The monoisotopic (exact) mass is 402 g/mol. The van der Waals surface area contributed by atoms with Gasteiger partial charge in [-0.05, 0) is 37.8 Å². The first kappa shape index (κ1) is 18.7. The van der Waals surface area contributed by atoms with Crippen LogP contribution in [0.2, 0.25) is 0 Å². The number of halogens is 2. The Morgan fingerprint density at radius 3 is 2.89 bits per heavy atom. The first-order valence-corrected chi connectivity index (χ1v) is 10.0. The molecule has 0 spiro atoms. The number of hydrogen-bond acceptors (Lipinski definition) is 5. The number of piperidine rings is 1. The number of carbonyl (C=O) groups excluding carboxylic acids is 1. The molecular weight excluding hydrogens is 382 g/mol. The molecule has 1 unspecified atom stereocenters. The van der Waals surface area contributed by atoms with Crippen LogP contribution in [0.15, 0.2) is 24.5 Å². The lowest BCUT2D eigenvalue weighted by Crippen LogP contribution is -2.35. The minimum atomic E-state index is -0.813. The summed E-state index contributed by atoms with van der Waals surface area (Å²) < 4.78 is 27.1. The van der Waals surface area contributed by atoms with Crippen molar-refractivity contribution in [2.45, 2.75) is 26.7 Å². The van der Waals surface area contributed by atoms with Crippen molar-refractivity contribution in [3.05, 3.63) is 46.6 Å². The predicted octanol–water partition coefficient (Wildman–Crippen LogP) is 4.77. The van der Waals surface area contributed by atoms with Crippen molar-refractivity contribution in [3.63, 3.8) is 0 Å². The van der Waals surface area contributed by atoms with Crippen LogP contribution in [0.1, 0.15) is 35.0 Å². The second-order valence-corrected chi connectivity index (χ2v) is 8.39. The van der Waals surface area contributed by atoms with Crippen LogP contribution in [-0.2, 0) is 0 Å². The van der Waals surface area contributed by atoms with Crippen molar-refractivity contribution in [1.82, 2.24) is 9.97 Å². The summed E-state index contributed by atoms with van der Waals surface area (Å²) in [4.78, 5) is 25.5. The van der Waals surface area contributed by atoms with Crippen molar-refractivity contribution >= 4 is 39.0 Å². The highest BCUT2D eigenvalue weighted by atomic mass is 32.1. The van der Waals surface area contributed by atoms with E-state index in [0.717, 1.165) is 47.2 Å². The summed E-state index contributed by atoms with van der Waals surface area (Å²) in [5.74, 6) is -0.667. The van der Waals surface area contributed by atoms with Gasteiger partial charge in [0.15, 0.2) is 0 Å². The molecule has 1 atom stereocenters. The maximum absolute atomic E-state index is 14.0. The van der Waals surface area contributed by atoms with E-state index >= 15 is 0 Å². The number of nitrogens with one attached hydrogen (secondary N) is 1. The van der Waals surface area contributed by atoms with E-state index < -0.39 is 17.5 Å². The molecule has 0 radical (unpaired) electrons. The topological polar surface area (TPSA) is 58.1 Å². The fourth-order valence-electron chi connectivity index (χ4n) is 3.70. The number of carbonyl (C=O) groups is 1. The highest BCUT2D eigenvalue weighted by Crippen LogP contribution is 2.36. The predicted molar refractivity (Wildman–Crippen MR) is 107 cm³/mol. The molecule has 2 aromatic heterocycles. The molecule has 0 saturated carbocycles. The van der Waals surface area contributed by atoms with Crippen LogP contribution in [0.5, 0.6) is 0 Å². The third-order valence-electron chi connectivity index (χ3n) is 5.01. The van der Waals surface area contributed by atoms with Gasteiger partial charge < -0.3 is 10.2 Å². The Bertz CT molecular complexity index is 1050. The molecule has 5 nitrogen and oxygen atoms in total. The number of nitrogens with zero attached hydrogens (tertiary/aromatic N) is 3. The molecule has 1 N–H and O–H groups in total. The summed E-state index contributed by atoms with van der Waals surface area (Å²) in [5, 5.41) is 3.26. The second kappa shape index (κ2) is 7.43. The van der Waals surface area contributed by atoms with E-state index in [0.29, 0.717) is 16.9 Å². The van der Waals surface area contributed by atoms with Crippen molar-refractivity contribution < 1.29 is 13.6 Å². The number of aryl methyl sites for hydroxylation is 1. The molecular formula is C20H20F2N4OS. The van der Waals surface area contributed by atoms with Gasteiger partial charge in [0.1, 0.15) is 28.6 Å². The third kappa shape index (κ3) is 3.44. The Hall–Kier alpha value is -2.61. The lowest BCUT2D eigenvalue weighted by atomic mass is 10.00. The number of amides is 1. The zero-order chi connectivity index (χ0) is 19.8. The van der Waals surface area contributed by atoms with E-state index in [1.807, 2.05) is 6.92 Å². The Morgan fingerprint density at radius 2 is 2.14 bits per heavy atom. The van der Waals surface area contributed by atoms with Gasteiger partial charge in [0.25, 0.3) is 5.91 Å². The molecule has 1 aliphatic rings. The summed E-state index contributed by atoms with van der Waals surface area (Å²) >= 11 is 1.41. The van der Waals surface area contributed by atoms with E-state index in [1.165, 1.54) is 30.2 Å². The third-order valence-corrected chi connectivity index (χ3v) is 6.02. The number of thiophene rings is 1. The number of hydrogen-bond donors (Lipinski definition) is 1. The van der Waals surface area contributed by atoms with Crippen molar-refractivity contribution in [2.24, 2.45) is 5.92 Å². The summed E-state index contributed by atoms with van der Waals surface area (Å²) in [7, 11) is 0. The number of rotatable bonds is 3. The zero-order valence-electron chi connectivity index (χ0n) is 15.6. The molecule has 8 heteroatoms. The average Bonchev–Trinajstić information content (AvgIpc) is 3.00. The first-order valence-electron chi connectivity index (χ1n) is 9.19. The van der Waals surface area contributed by atoms with Crippen LogP contribution in [0, 0.1) is 24.5 Å². The number of anilines is 2. The van der Waals surface area contributed by atoms with Gasteiger partial charge in [-0.1, -0.05) is 6.92 Å². The number of aromatic nitrogens is 2. The van der Waals surface area contributed by atoms with Crippen LogP contribution in [0.4, 0.5) is 20.3 Å². The van der Waals surface area contributed by atoms with Crippen molar-refractivity contribution in [3.8, 4) is 0 Å². The summed E-state index contributed by atoms with van der Waals surface area (Å²) in [5.41, 5.74) is 0.382. The fourth-order valence-corrected chi connectivity index (χ4v) is 4.68. The number of benzene rings is 1. The number of fused-ring (bicyclic) bond motifs is 1. The zero-order valence-corrected chi connectivity index (χ0v) is 16.4. The molecule has 146 valence electrons. The smallest absolute Gasteiger partial charge is 0.257 e. The molecule has 0 bridgehead atoms. The molecule has 3 heterocycles. The van der Waals surface area contributed by atoms with Gasteiger partial charge in [0, 0.05) is 24.0 Å².